The van der Waals surface area contributed by atoms with E-state index >= 15 is 0 Å². The van der Waals surface area contributed by atoms with Gasteiger partial charge in [0.15, 0.2) is 0 Å². The number of amides is 10. The van der Waals surface area contributed by atoms with Crippen molar-refractivity contribution in [2.45, 2.75) is 194 Å². The first-order valence-corrected chi connectivity index (χ1v) is 31.4. The average Bonchev–Trinajstić information content (AvgIpc) is 2.05. The minimum absolute atomic E-state index is 0.0382. The van der Waals surface area contributed by atoms with E-state index in [0.29, 0.717) is 75.1 Å². The van der Waals surface area contributed by atoms with Crippen molar-refractivity contribution < 1.29 is 71.9 Å². The highest BCUT2D eigenvalue weighted by Gasteiger charge is 2.57. The van der Waals surface area contributed by atoms with E-state index in [9.17, 15) is 48.3 Å². The molecule has 10 amide bonds. The molecule has 490 valence electrons. The van der Waals surface area contributed by atoms with Gasteiger partial charge in [-0.05, 0) is 126 Å². The normalized spacial score (nSPS) is 22.4. The van der Waals surface area contributed by atoms with E-state index < -0.39 is 48.2 Å². The predicted octanol–water partition coefficient (Wildman–Crippen LogP) is 6.15. The summed E-state index contributed by atoms with van der Waals surface area (Å²) in [5.74, 6) is -1.87. The minimum Gasteiger partial charge on any atom is -0.449 e. The predicted molar refractivity (Wildman–Crippen MR) is 330 cm³/mol. The molecule has 0 aliphatic carbocycles. The van der Waals surface area contributed by atoms with Crippen LogP contribution in [0.25, 0.3) is 0 Å². The van der Waals surface area contributed by atoms with E-state index in [-0.39, 0.29) is 137 Å². The largest absolute Gasteiger partial charge is 0.449 e. The summed E-state index contributed by atoms with van der Waals surface area (Å²) in [6.07, 6.45) is 14.1. The Labute approximate surface area is 519 Å². The number of carbonyl (C=O) groups is 9. The number of rotatable bonds is 35. The Hall–Kier alpha value is -6.89. The third-order valence-electron chi connectivity index (χ3n) is 16.7. The van der Waals surface area contributed by atoms with E-state index in [1.807, 2.05) is 0 Å². The molecule has 5 rings (SSSR count). The number of allylic oxidation sites excluding steroid dienone is 3. The highest BCUT2D eigenvalue weighted by atomic mass is 16.6. The van der Waals surface area contributed by atoms with E-state index in [2.05, 4.69) is 79.4 Å². The Morgan fingerprint density at radius 3 is 2.07 bits per heavy atom. The third kappa shape index (κ3) is 23.6. The van der Waals surface area contributed by atoms with Crippen LogP contribution in [0.4, 0.5) is 20.1 Å². The maximum Gasteiger partial charge on any atom is 0.410 e. The zero-order valence-corrected chi connectivity index (χ0v) is 53.2. The number of piperazine rings is 1. The second-order valence-electron chi connectivity index (χ2n) is 24.6. The Balaban J connectivity index is 0.932. The van der Waals surface area contributed by atoms with Crippen molar-refractivity contribution in [1.29, 1.82) is 0 Å². The maximum absolute atomic E-state index is 13.6. The first-order valence-electron chi connectivity index (χ1n) is 31.4. The Kier molecular flexibility index (Phi) is 29.3. The van der Waals surface area contributed by atoms with Crippen LogP contribution >= 0.6 is 0 Å². The molecule has 4 aliphatic heterocycles. The number of nitrogens with one attached hydrogen (secondary N) is 5. The monoisotopic (exact) mass is 1230 g/mol. The molecular formula is C64H99N9O15. The smallest absolute Gasteiger partial charge is 0.410 e. The number of imide groups is 1. The Bertz CT molecular complexity index is 2570. The van der Waals surface area contributed by atoms with E-state index in [4.69, 9.17) is 29.4 Å². The number of primary amides is 1. The maximum atomic E-state index is 13.6. The molecule has 6 unspecified atom stereocenters. The van der Waals surface area contributed by atoms with Gasteiger partial charge in [-0.25, -0.2) is 14.4 Å². The van der Waals surface area contributed by atoms with Crippen molar-refractivity contribution in [1.82, 2.24) is 36.0 Å². The SMILES string of the molecule is COC(C(C)O)C(C)[C@H]1O[C@]1(C)CC(C)/C=C/C=C(\C)[C@H]1O[C@@H](CNC(=O)CCCCCOC(=O)N2CCN(C(=O)OCc3ccc(NC(=O)C(CCCNC(N)=O)NC(=O)C(NC(=O)CCCCCN4C(=O)C=CC4=O)C(C)C)cc3)CC2)CC[C@@H]1C. The van der Waals surface area contributed by atoms with Crippen molar-refractivity contribution in [2.24, 2.45) is 29.4 Å². The molecule has 88 heavy (non-hydrogen) atoms. The number of anilines is 1. The Morgan fingerprint density at radius 2 is 1.44 bits per heavy atom. The van der Waals surface area contributed by atoms with E-state index in [1.165, 1.54) is 17.1 Å². The number of aliphatic hydroxyl groups is 1. The summed E-state index contributed by atoms with van der Waals surface area (Å²) in [5, 5.41) is 24.0. The van der Waals surface area contributed by atoms with Crippen molar-refractivity contribution in [3.05, 3.63) is 65.8 Å². The number of ether oxygens (including phenoxy) is 5. The highest BCUT2D eigenvalue weighted by molar-refractivity contribution is 6.12. The lowest BCUT2D eigenvalue weighted by atomic mass is 9.85. The van der Waals surface area contributed by atoms with Crippen LogP contribution in [0.5, 0.6) is 0 Å². The molecular weight excluding hydrogens is 1130 g/mol. The summed E-state index contributed by atoms with van der Waals surface area (Å²) < 4.78 is 29.3. The fourth-order valence-electron chi connectivity index (χ4n) is 11.6. The molecule has 4 heterocycles. The van der Waals surface area contributed by atoms with Crippen molar-refractivity contribution in [3.8, 4) is 0 Å². The van der Waals surface area contributed by atoms with Gasteiger partial charge in [0.25, 0.3) is 11.8 Å². The number of hydrogen-bond acceptors (Lipinski definition) is 15. The number of unbranched alkanes of at least 4 members (excludes halogenated alkanes) is 4. The van der Waals surface area contributed by atoms with Crippen LogP contribution in [0.3, 0.4) is 0 Å². The van der Waals surface area contributed by atoms with Crippen molar-refractivity contribution in [3.63, 3.8) is 0 Å². The number of urea groups is 1. The van der Waals surface area contributed by atoms with Gasteiger partial charge in [0.1, 0.15) is 18.7 Å². The quantitative estimate of drug-likeness (QED) is 0.0173. The number of carbonyl (C=O) groups excluding carboxylic acids is 9. The molecule has 0 bridgehead atoms. The molecule has 0 saturated carbocycles. The van der Waals surface area contributed by atoms with Gasteiger partial charge in [0, 0.05) is 89.5 Å². The van der Waals surface area contributed by atoms with Crippen LogP contribution < -0.4 is 32.3 Å². The molecule has 4 aliphatic rings. The molecule has 24 heteroatoms. The van der Waals surface area contributed by atoms with Crippen LogP contribution in [0, 0.1) is 23.7 Å². The highest BCUT2D eigenvalue weighted by Crippen LogP contribution is 2.47. The van der Waals surface area contributed by atoms with Gasteiger partial charge >= 0.3 is 18.2 Å². The first-order chi connectivity index (χ1) is 41.9. The molecule has 24 nitrogen and oxygen atoms in total. The van der Waals surface area contributed by atoms with Crippen molar-refractivity contribution in [2.75, 3.05) is 64.8 Å². The van der Waals surface area contributed by atoms with Crippen molar-refractivity contribution >= 4 is 59.3 Å². The van der Waals surface area contributed by atoms with Gasteiger partial charge in [-0.15, -0.1) is 0 Å². The lowest BCUT2D eigenvalue weighted by Crippen LogP contribution is -2.54. The van der Waals surface area contributed by atoms with E-state index in [0.717, 1.165) is 29.7 Å². The molecule has 1 aromatic rings. The van der Waals surface area contributed by atoms with Gasteiger partial charge in [-0.3, -0.25) is 33.7 Å². The molecule has 0 radical (unpaired) electrons. The molecule has 3 saturated heterocycles. The van der Waals surface area contributed by atoms with Gasteiger partial charge in [-0.2, -0.15) is 0 Å². The third-order valence-corrected chi connectivity index (χ3v) is 16.7. The molecule has 1 aromatic carbocycles. The number of nitrogens with two attached hydrogens (primary N) is 1. The van der Waals surface area contributed by atoms with Gasteiger partial charge in [0.2, 0.25) is 23.6 Å². The topological polar surface area (TPSA) is 319 Å². The summed E-state index contributed by atoms with van der Waals surface area (Å²) in [7, 11) is 1.63. The lowest BCUT2D eigenvalue weighted by molar-refractivity contribution is -0.137. The van der Waals surface area contributed by atoms with Crippen LogP contribution in [-0.4, -0.2) is 181 Å². The van der Waals surface area contributed by atoms with Crippen LogP contribution in [0.2, 0.25) is 0 Å². The number of methoxy groups -OCH3 is 1. The van der Waals surface area contributed by atoms with E-state index in [1.54, 1.807) is 57.0 Å². The van der Waals surface area contributed by atoms with Gasteiger partial charge in [-0.1, -0.05) is 71.4 Å². The lowest BCUT2D eigenvalue weighted by Gasteiger charge is -2.35. The average molecular weight is 1230 g/mol. The molecule has 11 atom stereocenters. The number of aliphatic hydroxyl groups excluding tert-OH is 1. The van der Waals surface area contributed by atoms with Crippen LogP contribution in [0.1, 0.15) is 144 Å². The second-order valence-corrected chi connectivity index (χ2v) is 24.6. The summed E-state index contributed by atoms with van der Waals surface area (Å²) in [6.45, 7) is 18.0. The van der Waals surface area contributed by atoms with Gasteiger partial charge < -0.3 is 70.9 Å². The summed E-state index contributed by atoms with van der Waals surface area (Å²) >= 11 is 0. The zero-order chi connectivity index (χ0) is 64.5. The Morgan fingerprint density at radius 1 is 0.807 bits per heavy atom. The summed E-state index contributed by atoms with van der Waals surface area (Å²) in [4.78, 5) is 118. The fourth-order valence-corrected chi connectivity index (χ4v) is 11.6. The summed E-state index contributed by atoms with van der Waals surface area (Å²) in [6, 6.07) is 3.85. The number of nitrogens with zero attached hydrogens (tertiary/aromatic N) is 3. The first kappa shape index (κ1) is 71.9. The molecule has 3 fully saturated rings. The number of hydrogen-bond donors (Lipinski definition) is 7. The summed E-state index contributed by atoms with van der Waals surface area (Å²) in [5.41, 5.74) is 7.14. The van der Waals surface area contributed by atoms with Crippen LogP contribution in [-0.2, 0) is 59.1 Å². The minimum atomic E-state index is -1.06. The number of benzene rings is 1. The molecule has 0 aromatic heterocycles. The zero-order valence-electron chi connectivity index (χ0n) is 53.2. The molecule has 0 spiro atoms. The second kappa shape index (κ2) is 35.9. The number of epoxide rings is 1. The molecule has 8 N–H and O–H groups in total. The fraction of sp³-hybridized carbons (Fsp3) is 0.672. The van der Waals surface area contributed by atoms with Gasteiger partial charge in [0.05, 0.1) is 42.7 Å². The van der Waals surface area contributed by atoms with Crippen LogP contribution in [0.15, 0.2) is 60.2 Å². The standard InChI is InChI=1S/C64H99N9O15/c1-41(2)55(70-52(76)22-12-10-14-32-73-53(77)29-30-54(73)78)60(80)69-50(20-17-31-66-61(65)81)59(79)68-48-26-24-47(25-27-48)40-86-63(83)72-35-33-71(34-36-72)62(82)85-37-15-11-13-21-51(75)67-39-49-28-23-44(5)56(87-49)43(4)19-16-18-42(3)38-64(8)58(88-64)45(6)57(84-9)46(7)74/h16,18-19,24-27,29-30,41-42,44-46,49-50,55-58,74H,10-15,17,20-23,28,31-40H2,1-9H3,(H,67,75)(H,68,79)(H,69,80)(H,70,76)(H3,65,66,81)/b18-16+,43-19+/t42?,44-,45?,46?,49+,50?,55?,56+,57?,58+,64+/m0/s1.